The minimum atomic E-state index is 0.126. The van der Waals surface area contributed by atoms with Crippen molar-refractivity contribution in [1.29, 1.82) is 0 Å². The molecule has 5 nitrogen and oxygen atoms in total. The van der Waals surface area contributed by atoms with Gasteiger partial charge in [0.25, 0.3) is 0 Å². The molecule has 0 aromatic carbocycles. The molecule has 19 heavy (non-hydrogen) atoms. The molecular formula is C13H22N4OS. The second kappa shape index (κ2) is 6.86. The van der Waals surface area contributed by atoms with Gasteiger partial charge < -0.3 is 15.1 Å². The highest BCUT2D eigenvalue weighted by Crippen LogP contribution is 2.11. The van der Waals surface area contributed by atoms with Gasteiger partial charge in [0.15, 0.2) is 0 Å². The van der Waals surface area contributed by atoms with E-state index in [0.29, 0.717) is 6.04 Å². The Morgan fingerprint density at radius 3 is 2.84 bits per heavy atom. The molecule has 6 heteroatoms. The highest BCUT2D eigenvalue weighted by molar-refractivity contribution is 7.07. The number of nitrogens with zero attached hydrogens (tertiary/aromatic N) is 3. The molecule has 1 aliphatic heterocycles. The fraction of sp³-hybridized carbons (Fsp3) is 0.692. The van der Waals surface area contributed by atoms with E-state index in [-0.39, 0.29) is 6.03 Å². The van der Waals surface area contributed by atoms with E-state index in [1.807, 2.05) is 10.4 Å². The van der Waals surface area contributed by atoms with Gasteiger partial charge in [0, 0.05) is 51.6 Å². The summed E-state index contributed by atoms with van der Waals surface area (Å²) in [7, 11) is 3.61. The number of carbonyl (C=O) groups is 1. The Morgan fingerprint density at radius 1 is 1.53 bits per heavy atom. The van der Waals surface area contributed by atoms with Crippen LogP contribution in [0.3, 0.4) is 0 Å². The minimum Gasteiger partial charge on any atom is -0.331 e. The summed E-state index contributed by atoms with van der Waals surface area (Å²) in [6.45, 7) is 2.67. The third-order valence-electron chi connectivity index (χ3n) is 3.45. The predicted octanol–water partition coefficient (Wildman–Crippen LogP) is 1.42. The number of carbonyl (C=O) groups excluding carboxylic acids is 1. The topological polar surface area (TPSA) is 48.5 Å². The van der Waals surface area contributed by atoms with Gasteiger partial charge >= 0.3 is 6.03 Å². The maximum atomic E-state index is 11.8. The fourth-order valence-electron chi connectivity index (χ4n) is 2.32. The van der Waals surface area contributed by atoms with Crippen LogP contribution in [0.15, 0.2) is 10.9 Å². The van der Waals surface area contributed by atoms with Crippen molar-refractivity contribution in [2.75, 3.05) is 33.7 Å². The number of rotatable bonds is 4. The molecule has 106 valence electrons. The summed E-state index contributed by atoms with van der Waals surface area (Å²) in [4.78, 5) is 19.6. The molecular weight excluding hydrogens is 260 g/mol. The van der Waals surface area contributed by atoms with Crippen molar-refractivity contribution in [3.63, 3.8) is 0 Å². The van der Waals surface area contributed by atoms with E-state index in [1.165, 1.54) is 0 Å². The number of amides is 2. The molecule has 1 aliphatic rings. The first-order chi connectivity index (χ1) is 9.16. The lowest BCUT2D eigenvalue weighted by molar-refractivity contribution is 0.152. The van der Waals surface area contributed by atoms with E-state index in [1.54, 1.807) is 30.3 Å². The normalized spacial score (nSPS) is 16.6. The summed E-state index contributed by atoms with van der Waals surface area (Å²) in [6.07, 6.45) is 3.06. The molecule has 2 rings (SSSR count). The number of nitrogens with one attached hydrogen (secondary N) is 1. The van der Waals surface area contributed by atoms with Crippen LogP contribution in [0.4, 0.5) is 4.79 Å². The molecule has 0 radical (unpaired) electrons. The van der Waals surface area contributed by atoms with Crippen LogP contribution in [-0.2, 0) is 6.42 Å². The first kappa shape index (κ1) is 14.3. The third-order valence-corrected chi connectivity index (χ3v) is 4.08. The lowest BCUT2D eigenvalue weighted by Gasteiger charge is -2.34. The number of hydrogen-bond donors (Lipinski definition) is 1. The van der Waals surface area contributed by atoms with Crippen LogP contribution < -0.4 is 5.32 Å². The van der Waals surface area contributed by atoms with Crippen LogP contribution in [0.5, 0.6) is 0 Å². The summed E-state index contributed by atoms with van der Waals surface area (Å²) in [5.41, 5.74) is 3.04. The predicted molar refractivity (Wildman–Crippen MR) is 77.5 cm³/mol. The van der Waals surface area contributed by atoms with Crippen molar-refractivity contribution < 1.29 is 4.79 Å². The monoisotopic (exact) mass is 282 g/mol. The van der Waals surface area contributed by atoms with Crippen LogP contribution in [0.2, 0.25) is 0 Å². The lowest BCUT2D eigenvalue weighted by Crippen LogP contribution is -2.48. The Labute approximate surface area is 118 Å². The van der Waals surface area contributed by atoms with E-state index in [9.17, 15) is 4.79 Å². The average Bonchev–Trinajstić information content (AvgIpc) is 2.92. The second-order valence-corrected chi connectivity index (χ2v) is 5.84. The molecule has 2 amide bonds. The van der Waals surface area contributed by atoms with Crippen molar-refractivity contribution in [2.24, 2.45) is 0 Å². The molecule has 0 saturated carbocycles. The summed E-state index contributed by atoms with van der Waals surface area (Å²) < 4.78 is 0. The van der Waals surface area contributed by atoms with E-state index >= 15 is 0 Å². The molecule has 0 spiro atoms. The Balaban J connectivity index is 1.65. The first-order valence-electron chi connectivity index (χ1n) is 6.73. The van der Waals surface area contributed by atoms with Gasteiger partial charge in [-0.05, 0) is 12.8 Å². The maximum absolute atomic E-state index is 11.8. The Kier molecular flexibility index (Phi) is 5.15. The van der Waals surface area contributed by atoms with Crippen molar-refractivity contribution in [1.82, 2.24) is 20.1 Å². The molecule has 1 saturated heterocycles. The third kappa shape index (κ3) is 4.18. The van der Waals surface area contributed by atoms with E-state index < -0.39 is 0 Å². The quantitative estimate of drug-likeness (QED) is 0.908. The zero-order chi connectivity index (χ0) is 13.7. The molecule has 1 aromatic heterocycles. The minimum absolute atomic E-state index is 0.126. The van der Waals surface area contributed by atoms with Crippen molar-refractivity contribution in [2.45, 2.75) is 25.3 Å². The maximum Gasteiger partial charge on any atom is 0.319 e. The molecule has 0 bridgehead atoms. The van der Waals surface area contributed by atoms with E-state index in [2.05, 4.69) is 15.7 Å². The van der Waals surface area contributed by atoms with Gasteiger partial charge in [0.1, 0.15) is 0 Å². The van der Waals surface area contributed by atoms with Gasteiger partial charge in [0.05, 0.1) is 11.2 Å². The molecule has 1 fully saturated rings. The van der Waals surface area contributed by atoms with Gasteiger partial charge in [-0.25, -0.2) is 9.78 Å². The largest absolute Gasteiger partial charge is 0.331 e. The number of likely N-dealkylation sites (tertiary alicyclic amines) is 1. The number of hydrogen-bond acceptors (Lipinski definition) is 4. The Morgan fingerprint density at radius 2 is 2.26 bits per heavy atom. The van der Waals surface area contributed by atoms with Crippen molar-refractivity contribution >= 4 is 17.4 Å². The number of urea groups is 1. The lowest BCUT2D eigenvalue weighted by atomic mass is 10.1. The average molecular weight is 282 g/mol. The Hall–Kier alpha value is -1.14. The zero-order valence-electron chi connectivity index (χ0n) is 11.6. The summed E-state index contributed by atoms with van der Waals surface area (Å²) in [6, 6.07) is 0.658. The van der Waals surface area contributed by atoms with Gasteiger partial charge in [-0.2, -0.15) is 0 Å². The van der Waals surface area contributed by atoms with E-state index in [0.717, 1.165) is 44.6 Å². The zero-order valence-corrected chi connectivity index (χ0v) is 12.4. The van der Waals surface area contributed by atoms with Crippen LogP contribution >= 0.6 is 11.3 Å². The molecule has 1 N–H and O–H groups in total. The van der Waals surface area contributed by atoms with Crippen LogP contribution in [0, 0.1) is 0 Å². The standard InChI is InChI=1S/C13H22N4OS/c1-16(2)13(18)17-7-4-11(5-8-17)14-6-3-12-9-19-10-15-12/h9-11,14H,3-8H2,1-2H3. The van der Waals surface area contributed by atoms with Gasteiger partial charge in [-0.1, -0.05) is 0 Å². The van der Waals surface area contributed by atoms with Crippen LogP contribution in [-0.4, -0.2) is 60.6 Å². The highest BCUT2D eigenvalue weighted by Gasteiger charge is 2.23. The summed E-state index contributed by atoms with van der Waals surface area (Å²) >= 11 is 1.64. The first-order valence-corrected chi connectivity index (χ1v) is 7.68. The van der Waals surface area contributed by atoms with Crippen molar-refractivity contribution in [3.05, 3.63) is 16.6 Å². The Bertz CT molecular complexity index is 385. The molecule has 0 aliphatic carbocycles. The number of aromatic nitrogens is 1. The van der Waals surface area contributed by atoms with Gasteiger partial charge in [0.2, 0.25) is 0 Å². The molecule has 2 heterocycles. The molecule has 0 unspecified atom stereocenters. The SMILES string of the molecule is CN(C)C(=O)N1CCC(NCCc2cscn2)CC1. The van der Waals surface area contributed by atoms with Gasteiger partial charge in [-0.15, -0.1) is 11.3 Å². The summed E-state index contributed by atoms with van der Waals surface area (Å²) in [5, 5.41) is 5.66. The van der Waals surface area contributed by atoms with Crippen LogP contribution in [0.25, 0.3) is 0 Å². The smallest absolute Gasteiger partial charge is 0.319 e. The second-order valence-electron chi connectivity index (χ2n) is 5.12. The van der Waals surface area contributed by atoms with Crippen LogP contribution in [0.1, 0.15) is 18.5 Å². The number of piperidine rings is 1. The van der Waals surface area contributed by atoms with Gasteiger partial charge in [-0.3, -0.25) is 0 Å². The molecule has 0 atom stereocenters. The van der Waals surface area contributed by atoms with E-state index in [4.69, 9.17) is 0 Å². The molecule has 1 aromatic rings. The highest BCUT2D eigenvalue weighted by atomic mass is 32.1. The number of thiazole rings is 1. The summed E-state index contributed by atoms with van der Waals surface area (Å²) in [5.74, 6) is 0. The van der Waals surface area contributed by atoms with Crippen molar-refractivity contribution in [3.8, 4) is 0 Å². The fourth-order valence-corrected chi connectivity index (χ4v) is 2.92.